The maximum absolute atomic E-state index is 12.7. The highest BCUT2D eigenvalue weighted by Gasteiger charge is 2.34. The van der Waals surface area contributed by atoms with Crippen LogP contribution in [0.25, 0.3) is 6.08 Å². The molecule has 160 valence electrons. The average Bonchev–Trinajstić information content (AvgIpc) is 3.04. The molecule has 3 aromatic rings. The van der Waals surface area contributed by atoms with E-state index in [-0.39, 0.29) is 17.7 Å². The molecule has 1 fully saturated rings. The van der Waals surface area contributed by atoms with Crippen molar-refractivity contribution in [3.05, 3.63) is 102 Å². The van der Waals surface area contributed by atoms with Gasteiger partial charge in [0.2, 0.25) is 0 Å². The van der Waals surface area contributed by atoms with Crippen LogP contribution in [0.3, 0.4) is 0 Å². The summed E-state index contributed by atoms with van der Waals surface area (Å²) in [7, 11) is 0. The Hall–Kier alpha value is -2.18. The Labute approximate surface area is 216 Å². The third-order valence-electron chi connectivity index (χ3n) is 4.61. The molecule has 1 saturated heterocycles. The van der Waals surface area contributed by atoms with Crippen LogP contribution in [0.2, 0.25) is 0 Å². The van der Waals surface area contributed by atoms with Crippen molar-refractivity contribution >= 4 is 80.1 Å². The lowest BCUT2D eigenvalue weighted by Crippen LogP contribution is -2.27. The van der Waals surface area contributed by atoms with Crippen LogP contribution >= 0.6 is 56.9 Å². The molecular weight excluding hydrogens is 652 g/mol. The largest absolute Gasteiger partial charge is 0.423 e. The van der Waals surface area contributed by atoms with Crippen LogP contribution in [0, 0.1) is 7.14 Å². The Morgan fingerprint density at radius 2 is 1.62 bits per heavy atom. The van der Waals surface area contributed by atoms with Gasteiger partial charge in [-0.15, -0.1) is 0 Å². The molecule has 0 spiro atoms. The molecule has 0 unspecified atom stereocenters. The zero-order valence-electron chi connectivity index (χ0n) is 16.5. The van der Waals surface area contributed by atoms with Gasteiger partial charge >= 0.3 is 5.97 Å². The third kappa shape index (κ3) is 5.41. The Kier molecular flexibility index (Phi) is 7.31. The second kappa shape index (κ2) is 10.2. The average molecular weight is 667 g/mol. The minimum Gasteiger partial charge on any atom is -0.423 e. The highest BCUT2D eigenvalue weighted by molar-refractivity contribution is 14.1. The molecule has 1 aliphatic rings. The standard InChI is InChI=1S/C24H15I2NO4S/c25-17-9-5-16(6-10-17)14-27-22(28)21(32-24(27)30)13-15-7-11-18(12-8-15)31-23(29)19-3-1-2-4-20(19)26/h1-13H,14H2/b21-13-. The second-order valence-corrected chi connectivity index (χ2v) is 10.2. The lowest BCUT2D eigenvalue weighted by molar-refractivity contribution is -0.123. The van der Waals surface area contributed by atoms with Crippen LogP contribution in [0.5, 0.6) is 5.75 Å². The van der Waals surface area contributed by atoms with Crippen LogP contribution < -0.4 is 4.74 Å². The van der Waals surface area contributed by atoms with E-state index in [1.165, 1.54) is 4.90 Å². The smallest absolute Gasteiger partial charge is 0.344 e. The normalized spacial score (nSPS) is 14.8. The van der Waals surface area contributed by atoms with Gasteiger partial charge in [0, 0.05) is 7.14 Å². The van der Waals surface area contributed by atoms with Gasteiger partial charge in [0.1, 0.15) is 5.75 Å². The van der Waals surface area contributed by atoms with E-state index in [1.54, 1.807) is 42.5 Å². The van der Waals surface area contributed by atoms with E-state index in [0.717, 1.165) is 30.0 Å². The van der Waals surface area contributed by atoms with Crippen molar-refractivity contribution in [1.29, 1.82) is 0 Å². The molecule has 2 amide bonds. The molecule has 0 radical (unpaired) electrons. The number of esters is 1. The molecule has 0 aliphatic carbocycles. The van der Waals surface area contributed by atoms with Crippen LogP contribution in [0.15, 0.2) is 77.7 Å². The van der Waals surface area contributed by atoms with Gasteiger partial charge in [-0.2, -0.15) is 0 Å². The summed E-state index contributed by atoms with van der Waals surface area (Å²) in [6.45, 7) is 0.242. The minimum atomic E-state index is -0.431. The number of hydrogen-bond donors (Lipinski definition) is 0. The number of ether oxygens (including phenoxy) is 1. The predicted octanol–water partition coefficient (Wildman–Crippen LogP) is 6.35. The van der Waals surface area contributed by atoms with Crippen LogP contribution in [-0.4, -0.2) is 22.0 Å². The van der Waals surface area contributed by atoms with E-state index in [9.17, 15) is 14.4 Å². The van der Waals surface area contributed by atoms with Crippen molar-refractivity contribution in [3.63, 3.8) is 0 Å². The highest BCUT2D eigenvalue weighted by Crippen LogP contribution is 2.33. The molecule has 0 aromatic heterocycles. The fraction of sp³-hybridized carbons (Fsp3) is 0.0417. The van der Waals surface area contributed by atoms with Crippen molar-refractivity contribution in [2.24, 2.45) is 0 Å². The van der Waals surface area contributed by atoms with E-state index in [0.29, 0.717) is 16.2 Å². The fourth-order valence-corrected chi connectivity index (χ4v) is 4.79. The molecule has 0 atom stereocenters. The summed E-state index contributed by atoms with van der Waals surface area (Å²) in [5.74, 6) is -0.342. The molecule has 0 N–H and O–H groups in total. The third-order valence-corrected chi connectivity index (χ3v) is 7.18. The van der Waals surface area contributed by atoms with Crippen molar-refractivity contribution in [2.75, 3.05) is 0 Å². The lowest BCUT2D eigenvalue weighted by Gasteiger charge is -2.12. The zero-order chi connectivity index (χ0) is 22.7. The summed E-state index contributed by atoms with van der Waals surface area (Å²) in [5, 5.41) is -0.289. The molecule has 32 heavy (non-hydrogen) atoms. The summed E-state index contributed by atoms with van der Waals surface area (Å²) in [6, 6.07) is 21.7. The van der Waals surface area contributed by atoms with E-state index in [2.05, 4.69) is 45.2 Å². The summed E-state index contributed by atoms with van der Waals surface area (Å²) in [5.41, 5.74) is 2.13. The molecule has 0 bridgehead atoms. The molecule has 0 saturated carbocycles. The SMILES string of the molecule is O=C(Oc1ccc(/C=C2\SC(=O)N(Cc3ccc(I)cc3)C2=O)cc1)c1ccccc1I. The molecule has 3 aromatic carbocycles. The van der Waals surface area contributed by atoms with E-state index < -0.39 is 5.97 Å². The number of nitrogens with zero attached hydrogens (tertiary/aromatic N) is 1. The first-order valence-corrected chi connectivity index (χ1v) is 12.4. The van der Waals surface area contributed by atoms with Crippen molar-refractivity contribution in [3.8, 4) is 5.75 Å². The minimum absolute atomic E-state index is 0.242. The molecule has 8 heteroatoms. The van der Waals surface area contributed by atoms with E-state index >= 15 is 0 Å². The van der Waals surface area contributed by atoms with Crippen LogP contribution in [-0.2, 0) is 11.3 Å². The Bertz CT molecular complexity index is 1220. The number of thioether (sulfide) groups is 1. The summed E-state index contributed by atoms with van der Waals surface area (Å²) < 4.78 is 7.34. The van der Waals surface area contributed by atoms with Crippen LogP contribution in [0.4, 0.5) is 4.79 Å². The lowest BCUT2D eigenvalue weighted by atomic mass is 10.2. The van der Waals surface area contributed by atoms with Gasteiger partial charge in [-0.05, 0) is 111 Å². The molecule has 1 aliphatic heterocycles. The quantitative estimate of drug-likeness (QED) is 0.137. The first-order valence-electron chi connectivity index (χ1n) is 9.47. The number of rotatable bonds is 5. The van der Waals surface area contributed by atoms with Gasteiger partial charge in [0.25, 0.3) is 11.1 Å². The summed E-state index contributed by atoms with van der Waals surface area (Å²) in [6.07, 6.45) is 1.67. The number of carbonyl (C=O) groups excluding carboxylic acids is 3. The highest BCUT2D eigenvalue weighted by atomic mass is 127. The first-order chi connectivity index (χ1) is 15.4. The van der Waals surface area contributed by atoms with Crippen molar-refractivity contribution in [2.45, 2.75) is 6.54 Å². The maximum atomic E-state index is 12.7. The number of hydrogen-bond acceptors (Lipinski definition) is 5. The number of benzene rings is 3. The molecular formula is C24H15I2NO4S. The topological polar surface area (TPSA) is 63.7 Å². The number of halogens is 2. The fourth-order valence-electron chi connectivity index (χ4n) is 2.98. The monoisotopic (exact) mass is 667 g/mol. The van der Waals surface area contributed by atoms with Crippen LogP contribution in [0.1, 0.15) is 21.5 Å². The Morgan fingerprint density at radius 3 is 2.31 bits per heavy atom. The first kappa shape index (κ1) is 23.0. The van der Waals surface area contributed by atoms with Gasteiger partial charge in [-0.25, -0.2) is 4.79 Å². The summed E-state index contributed by atoms with van der Waals surface area (Å²) in [4.78, 5) is 39.1. The molecule has 1 heterocycles. The van der Waals surface area contributed by atoms with E-state index in [1.807, 2.05) is 36.4 Å². The molecule has 5 nitrogen and oxygen atoms in total. The Balaban J connectivity index is 1.44. The van der Waals surface area contributed by atoms with Crippen molar-refractivity contribution < 1.29 is 19.1 Å². The number of carbonyl (C=O) groups is 3. The molecule has 4 rings (SSSR count). The van der Waals surface area contributed by atoms with Gasteiger partial charge in [0.05, 0.1) is 17.0 Å². The van der Waals surface area contributed by atoms with Crippen molar-refractivity contribution in [1.82, 2.24) is 4.90 Å². The summed E-state index contributed by atoms with van der Waals surface area (Å²) >= 11 is 5.22. The van der Waals surface area contributed by atoms with Gasteiger partial charge in [-0.1, -0.05) is 36.4 Å². The second-order valence-electron chi connectivity index (χ2n) is 6.83. The van der Waals surface area contributed by atoms with Gasteiger partial charge in [0.15, 0.2) is 0 Å². The number of imide groups is 1. The Morgan fingerprint density at radius 1 is 0.938 bits per heavy atom. The van der Waals surface area contributed by atoms with E-state index in [4.69, 9.17) is 4.74 Å². The predicted molar refractivity (Wildman–Crippen MR) is 141 cm³/mol. The maximum Gasteiger partial charge on any atom is 0.344 e. The number of amides is 2. The van der Waals surface area contributed by atoms with Gasteiger partial charge < -0.3 is 4.74 Å². The zero-order valence-corrected chi connectivity index (χ0v) is 21.6. The van der Waals surface area contributed by atoms with Gasteiger partial charge in [-0.3, -0.25) is 14.5 Å².